The highest BCUT2D eigenvalue weighted by atomic mass is 35.5. The number of piperazine rings is 3. The van der Waals surface area contributed by atoms with Crippen LogP contribution in [0.2, 0.25) is 5.28 Å². The summed E-state index contributed by atoms with van der Waals surface area (Å²) in [6, 6.07) is 36.8. The maximum atomic E-state index is 11.8. The molecular formula is C83H107Cl2N19O14S5. The van der Waals surface area contributed by atoms with Gasteiger partial charge < -0.3 is 85.6 Å². The van der Waals surface area contributed by atoms with Crippen molar-refractivity contribution in [1.82, 2.24) is 34.6 Å². The van der Waals surface area contributed by atoms with Gasteiger partial charge in [0.05, 0.1) is 68.9 Å². The minimum absolute atomic E-state index is 0. The van der Waals surface area contributed by atoms with E-state index in [0.717, 1.165) is 114 Å². The second-order valence-electron chi connectivity index (χ2n) is 28.0. The Hall–Kier alpha value is -11.3. The number of carbonyl (C=O) groups is 6. The van der Waals surface area contributed by atoms with Crippen LogP contribution in [0.15, 0.2) is 159 Å². The van der Waals surface area contributed by atoms with Crippen molar-refractivity contribution in [1.29, 1.82) is 0 Å². The Morgan fingerprint density at radius 2 is 0.862 bits per heavy atom. The molecular weight excluding hydrogens is 1720 g/mol. The first kappa shape index (κ1) is 102. The lowest BCUT2D eigenvalue weighted by molar-refractivity contribution is -0.385. The Kier molecular flexibility index (Phi) is 40.3. The Bertz CT molecular complexity index is 5030. The predicted octanol–water partition coefficient (Wildman–Crippen LogP) is 13.6. The van der Waals surface area contributed by atoms with Crippen LogP contribution in [0.25, 0.3) is 0 Å². The minimum Gasteiger partial charge on any atom is -0.489 e. The van der Waals surface area contributed by atoms with Crippen LogP contribution in [0.4, 0.5) is 85.8 Å². The van der Waals surface area contributed by atoms with Gasteiger partial charge in [-0.25, -0.2) is 15.0 Å². The molecule has 0 bridgehead atoms. The number of rotatable bonds is 12. The van der Waals surface area contributed by atoms with Gasteiger partial charge in [-0.05, 0) is 148 Å². The number of nitrogens with zero attached hydrogens (tertiary/aromatic N) is 13. The first-order chi connectivity index (χ1) is 56.7. The quantitative estimate of drug-likeness (QED) is 0.0114. The molecule has 8 aromatic rings. The van der Waals surface area contributed by atoms with E-state index in [4.69, 9.17) is 36.3 Å². The summed E-state index contributed by atoms with van der Waals surface area (Å²) < 4.78 is 23.1. The zero-order valence-electron chi connectivity index (χ0n) is 68.4. The van der Waals surface area contributed by atoms with Crippen LogP contribution in [0.5, 0.6) is 23.0 Å². The van der Waals surface area contributed by atoms with Crippen LogP contribution in [-0.4, -0.2) is 202 Å². The normalized spacial score (nSPS) is 16.4. The number of nitro groups is 2. The van der Waals surface area contributed by atoms with E-state index in [1.807, 2.05) is 96.4 Å². The van der Waals surface area contributed by atoms with Gasteiger partial charge in [0, 0.05) is 175 Å². The summed E-state index contributed by atoms with van der Waals surface area (Å²) in [5, 5.41) is 36.4. The maximum Gasteiger partial charge on any atom is 0.273 e. The number of halogens is 2. The molecule has 0 spiro atoms. The van der Waals surface area contributed by atoms with Gasteiger partial charge >= 0.3 is 0 Å². The van der Waals surface area contributed by atoms with E-state index in [9.17, 15) is 49.0 Å². The van der Waals surface area contributed by atoms with Gasteiger partial charge in [-0.1, -0.05) is 32.7 Å². The molecule has 0 aliphatic carbocycles. The average molecular weight is 1830 g/mol. The van der Waals surface area contributed by atoms with Gasteiger partial charge in [-0.3, -0.25) is 49.0 Å². The topological polar surface area (TPSA) is 386 Å². The van der Waals surface area contributed by atoms with Crippen molar-refractivity contribution in [3.63, 3.8) is 0 Å². The molecule has 8 aliphatic heterocycles. The number of anilines is 13. The lowest BCUT2D eigenvalue weighted by atomic mass is 10.00. The zero-order valence-corrected chi connectivity index (χ0v) is 74.8. The summed E-state index contributed by atoms with van der Waals surface area (Å²) in [7, 11) is 0. The molecule has 4 fully saturated rings. The SMILES string of the molecule is C.C=CC(=O)Nc1cccc(Nc2nc(Cl)ncc2C)c1.C=CC(=O)Nc1cccc(Nc2nc(Nc3ccc4c(c3)OC[C@@H]3CN(C(C)=O)CCN43)ncc2C)c1.CC(=O)Cl.CC(=O)N1CCN2c3ccc(N)cc3OC[C@@H]2C1.CC(=O)N1CCN2c3ccc([N+](=O)[O-])cc3OC[C@@H]2C1.CS.O=[N+]([O-])c1ccc2c(c1)OC[C@@H]1CCCCN21.S.S.S.S. The lowest BCUT2D eigenvalue weighted by Gasteiger charge is -2.45. The third kappa shape index (κ3) is 27.9. The van der Waals surface area contributed by atoms with E-state index >= 15 is 0 Å². The Morgan fingerprint density at radius 3 is 1.28 bits per heavy atom. The average Bonchev–Trinajstić information content (AvgIpc) is 0.792. The smallest absolute Gasteiger partial charge is 0.273 e. The largest absolute Gasteiger partial charge is 0.489 e. The predicted molar refractivity (Wildman–Crippen MR) is 509 cm³/mol. The molecule has 4 atom stereocenters. The second kappa shape index (κ2) is 48.5. The number of amides is 5. The Labute approximate surface area is 758 Å². The molecule has 0 unspecified atom stereocenters. The van der Waals surface area contributed by atoms with Gasteiger partial charge in [0.25, 0.3) is 11.4 Å². The number of hydrogen-bond acceptors (Lipinski definition) is 27. The van der Waals surface area contributed by atoms with Crippen molar-refractivity contribution in [2.45, 2.75) is 92.4 Å². The van der Waals surface area contributed by atoms with E-state index in [1.54, 1.807) is 74.7 Å². The molecule has 0 radical (unpaired) electrons. The van der Waals surface area contributed by atoms with Crippen LogP contribution in [0, 0.1) is 34.1 Å². The van der Waals surface area contributed by atoms with Crippen LogP contribution < -0.4 is 70.9 Å². The van der Waals surface area contributed by atoms with Crippen LogP contribution >= 0.6 is 89.8 Å². The Morgan fingerprint density at radius 1 is 0.496 bits per heavy atom. The number of carbonyl (C=O) groups excluding carboxylic acids is 6. The van der Waals surface area contributed by atoms with E-state index in [0.29, 0.717) is 99.1 Å². The van der Waals surface area contributed by atoms with Gasteiger partial charge in [-0.15, -0.1) is 0 Å². The van der Waals surface area contributed by atoms with Crippen molar-refractivity contribution in [2.75, 3.05) is 150 Å². The van der Waals surface area contributed by atoms with Gasteiger partial charge in [0.1, 0.15) is 61.1 Å². The number of nitrogen functional groups attached to an aromatic ring is 1. The molecule has 10 heterocycles. The Balaban J connectivity index is 0.000000275. The fourth-order valence-corrected chi connectivity index (χ4v) is 14.3. The van der Waals surface area contributed by atoms with Crippen LogP contribution in [0.1, 0.15) is 65.5 Å². The van der Waals surface area contributed by atoms with E-state index in [1.165, 1.54) is 50.1 Å². The number of nitro benzene ring substituents is 2. The summed E-state index contributed by atoms with van der Waals surface area (Å²) >= 11 is 13.9. The number of piperidine rings is 1. The first-order valence-corrected chi connectivity index (χ1v) is 39.6. The maximum absolute atomic E-state index is 11.8. The number of thiol groups is 1. The van der Waals surface area contributed by atoms with Gasteiger partial charge in [0.2, 0.25) is 46.0 Å². The highest BCUT2D eigenvalue weighted by Gasteiger charge is 2.38. The third-order valence-corrected chi connectivity index (χ3v) is 20.1. The number of nitrogens with one attached hydrogen (secondary N) is 5. The van der Waals surface area contributed by atoms with Crippen molar-refractivity contribution < 1.29 is 57.6 Å². The molecule has 7 N–H and O–H groups in total. The summed E-state index contributed by atoms with van der Waals surface area (Å²) in [5.74, 6) is 4.32. The molecule has 0 saturated carbocycles. The second-order valence-corrected chi connectivity index (χ2v) is 28.9. The summed E-state index contributed by atoms with van der Waals surface area (Å²) in [4.78, 5) is 119. The number of hydrogen-bond donors (Lipinski definition) is 7. The fourth-order valence-electron chi connectivity index (χ4n) is 14.1. The van der Waals surface area contributed by atoms with Crippen LogP contribution in [-0.2, 0) is 28.8 Å². The van der Waals surface area contributed by atoms with Crippen LogP contribution in [0.3, 0.4) is 0 Å². The summed E-state index contributed by atoms with van der Waals surface area (Å²) in [5.41, 5.74) is 16.0. The highest BCUT2D eigenvalue weighted by molar-refractivity contribution is 7.79. The fraction of sp³-hybridized carbons (Fsp3) is 0.349. The molecule has 40 heteroatoms. The van der Waals surface area contributed by atoms with E-state index in [-0.39, 0.29) is 136 Å². The molecule has 2 aromatic heterocycles. The van der Waals surface area contributed by atoms with Gasteiger partial charge in [0.15, 0.2) is 0 Å². The number of non-ortho nitro benzene ring substituents is 2. The van der Waals surface area contributed by atoms with Crippen molar-refractivity contribution >= 4 is 210 Å². The van der Waals surface area contributed by atoms with Gasteiger partial charge in [-0.2, -0.15) is 71.6 Å². The third-order valence-electron chi connectivity index (χ3n) is 20.0. The monoisotopic (exact) mass is 1820 g/mol. The molecule has 662 valence electrons. The number of nitrogens with two attached hydrogens (primary N) is 1. The first-order valence-electron chi connectivity index (χ1n) is 37.9. The minimum atomic E-state index is -0.427. The van der Waals surface area contributed by atoms with E-state index in [2.05, 4.69) is 104 Å². The zero-order chi connectivity index (χ0) is 84.9. The molecule has 123 heavy (non-hydrogen) atoms. The van der Waals surface area contributed by atoms with Crippen molar-refractivity contribution in [3.8, 4) is 23.0 Å². The summed E-state index contributed by atoms with van der Waals surface area (Å²) in [6.07, 6.45) is 11.1. The lowest BCUT2D eigenvalue weighted by Crippen LogP contribution is -2.58. The molecule has 5 amide bonds. The molecule has 4 saturated heterocycles. The number of fused-ring (bicyclic) bond motifs is 12. The molecule has 6 aromatic carbocycles. The number of benzene rings is 6. The number of aromatic nitrogens is 4. The standard InChI is InChI=1S/C27H29N7O3.C14H13ClN4O.C13H15N3O4.C13H17N3O2.C12H14N2O3.C2H3ClO.CH4S.CH4.4H2S/c1-4-25(36)29-19-6-5-7-20(12-19)30-26-17(2)14-28-27(32-26)31-21-8-9-23-24(13-21)37-16-22-15-33(18(3)35)10-11-34(22)23;1-3-12(20)17-10-5-4-6-11(7-10)18-13-9(2)8-16-14(15)19-13;1-9(17)14-4-5-15-11(7-14)8-20-13-6-10(16(18)19)2-3-12(13)15;1-9(17)15-4-5-16-11(7-15)8-18-13-6-10(14)2-3-12(13)16;15-14(16)9-4-5-11-12(7-9)17-8-10-3-1-2-6-13(10)11;1-2(3)4;1-2;;;;;/h4-9,12-14,22H,1,10-11,15-16H2,2-3H3,(H,29,36)(H2,28,30,31,32);3-8H,1H2,2H3,(H,17,20)(H,16,18,19);2-3,6,11H,4-5,7-8H2,1H3;2-3,6,11H,4-5,7-8,14H2,1H3;4-5,7,10H,1-3,6,8H2;1H3;2H,1H3;1H4;4*1H2/t22-;;2*11-;10-;;;;;;;/m0.000......./s1. The number of aryl methyl sites for hydroxylation is 2. The molecule has 16 rings (SSSR count). The van der Waals surface area contributed by atoms with Crippen molar-refractivity contribution in [3.05, 3.63) is 196 Å². The molecule has 8 aliphatic rings. The van der Waals surface area contributed by atoms with E-state index < -0.39 is 4.92 Å². The number of ether oxygens (including phenoxy) is 4. The molecule has 33 nitrogen and oxygen atoms in total. The highest BCUT2D eigenvalue weighted by Crippen LogP contribution is 2.43. The van der Waals surface area contributed by atoms with Crippen molar-refractivity contribution in [2.24, 2.45) is 0 Å². The summed E-state index contributed by atoms with van der Waals surface area (Å²) in [6.45, 7) is 26.6.